The van der Waals surface area contributed by atoms with Crippen molar-refractivity contribution in [1.29, 1.82) is 0 Å². The molecule has 198 valence electrons. The predicted octanol–water partition coefficient (Wildman–Crippen LogP) is 5.94. The molecular formula is C31H33NO6. The van der Waals surface area contributed by atoms with Crippen LogP contribution in [0.25, 0.3) is 0 Å². The highest BCUT2D eigenvalue weighted by Gasteiger charge is 2.54. The van der Waals surface area contributed by atoms with Crippen LogP contribution in [0.3, 0.4) is 0 Å². The van der Waals surface area contributed by atoms with Crippen LogP contribution < -0.4 is 9.47 Å². The van der Waals surface area contributed by atoms with E-state index in [0.29, 0.717) is 0 Å². The van der Waals surface area contributed by atoms with Crippen molar-refractivity contribution >= 4 is 12.1 Å². The van der Waals surface area contributed by atoms with Crippen LogP contribution in [0.15, 0.2) is 91.0 Å². The summed E-state index contributed by atoms with van der Waals surface area (Å²) in [4.78, 5) is 27.9. The van der Waals surface area contributed by atoms with Crippen molar-refractivity contribution in [3.63, 3.8) is 0 Å². The summed E-state index contributed by atoms with van der Waals surface area (Å²) in [7, 11) is 3.23. The smallest absolute Gasteiger partial charge is 0.497 e. The van der Waals surface area contributed by atoms with E-state index in [1.165, 1.54) is 0 Å². The summed E-state index contributed by atoms with van der Waals surface area (Å²) in [6.07, 6.45) is -1.51. The van der Waals surface area contributed by atoms with Crippen LogP contribution in [0.2, 0.25) is 0 Å². The lowest BCUT2D eigenvalue weighted by atomic mass is 9.76. The van der Waals surface area contributed by atoms with Crippen molar-refractivity contribution in [2.45, 2.75) is 38.6 Å². The molecule has 3 atom stereocenters. The second kappa shape index (κ2) is 11.9. The predicted molar refractivity (Wildman–Crippen MR) is 144 cm³/mol. The SMILES string of the molecule is C=C(C)[C@@H]1[C@@H](C(C)OC(=O)OCc2ccccc2)C(=O)N1C(c1ccc(OC)cc1)c1ccc(OC)cc1. The van der Waals surface area contributed by atoms with Crippen LogP contribution >= 0.6 is 0 Å². The van der Waals surface area contributed by atoms with Gasteiger partial charge in [-0.1, -0.05) is 66.7 Å². The lowest BCUT2D eigenvalue weighted by Gasteiger charge is -2.53. The zero-order valence-electron chi connectivity index (χ0n) is 22.1. The number of benzene rings is 3. The Morgan fingerprint density at radius 1 is 0.895 bits per heavy atom. The number of carbonyl (C=O) groups is 2. The normalized spacial score (nSPS) is 17.4. The van der Waals surface area contributed by atoms with Gasteiger partial charge in [-0.3, -0.25) is 4.79 Å². The first-order valence-corrected chi connectivity index (χ1v) is 12.5. The van der Waals surface area contributed by atoms with Gasteiger partial charge in [-0.25, -0.2) is 4.79 Å². The molecule has 4 rings (SSSR count). The van der Waals surface area contributed by atoms with Crippen molar-refractivity contribution in [3.8, 4) is 11.5 Å². The van der Waals surface area contributed by atoms with Crippen LogP contribution in [-0.4, -0.2) is 43.3 Å². The van der Waals surface area contributed by atoms with Gasteiger partial charge < -0.3 is 23.8 Å². The summed E-state index contributed by atoms with van der Waals surface area (Å²) in [5, 5.41) is 0. The Morgan fingerprint density at radius 3 is 1.89 bits per heavy atom. The summed E-state index contributed by atoms with van der Waals surface area (Å²) in [6, 6.07) is 23.9. The molecule has 0 N–H and O–H groups in total. The third kappa shape index (κ3) is 5.67. The van der Waals surface area contributed by atoms with Crippen LogP contribution in [0, 0.1) is 5.92 Å². The number of carbonyl (C=O) groups excluding carboxylic acids is 2. The quantitative estimate of drug-likeness (QED) is 0.189. The topological polar surface area (TPSA) is 74.3 Å². The molecule has 3 aromatic rings. The monoisotopic (exact) mass is 515 g/mol. The molecule has 3 aromatic carbocycles. The zero-order valence-corrected chi connectivity index (χ0v) is 22.1. The fraction of sp³-hybridized carbons (Fsp3) is 0.290. The van der Waals surface area contributed by atoms with Crippen LogP contribution in [0.5, 0.6) is 11.5 Å². The number of rotatable bonds is 10. The van der Waals surface area contributed by atoms with Gasteiger partial charge in [0.2, 0.25) is 5.91 Å². The fourth-order valence-corrected chi connectivity index (χ4v) is 4.89. The van der Waals surface area contributed by atoms with E-state index in [1.54, 1.807) is 21.1 Å². The maximum atomic E-state index is 13.7. The van der Waals surface area contributed by atoms with Crippen LogP contribution in [0.1, 0.15) is 36.6 Å². The van der Waals surface area contributed by atoms with Crippen molar-refractivity contribution in [2.24, 2.45) is 5.92 Å². The van der Waals surface area contributed by atoms with E-state index in [4.69, 9.17) is 18.9 Å². The van der Waals surface area contributed by atoms with Crippen LogP contribution in [0.4, 0.5) is 4.79 Å². The summed E-state index contributed by atoms with van der Waals surface area (Å²) < 4.78 is 21.5. The molecule has 1 saturated heterocycles. The average molecular weight is 516 g/mol. The molecule has 0 radical (unpaired) electrons. The Hall–Kier alpha value is -4.26. The first kappa shape index (κ1) is 26.8. The van der Waals surface area contributed by atoms with Crippen molar-refractivity contribution in [1.82, 2.24) is 4.90 Å². The number of likely N-dealkylation sites (tertiary alicyclic amines) is 1. The highest BCUT2D eigenvalue weighted by Crippen LogP contribution is 2.44. The molecule has 38 heavy (non-hydrogen) atoms. The van der Waals surface area contributed by atoms with Gasteiger partial charge in [0.25, 0.3) is 0 Å². The molecule has 0 aromatic heterocycles. The minimum Gasteiger partial charge on any atom is -0.497 e. The van der Waals surface area contributed by atoms with E-state index >= 15 is 0 Å². The molecule has 1 amide bonds. The molecule has 7 heteroatoms. The van der Waals surface area contributed by atoms with Crippen molar-refractivity contribution in [2.75, 3.05) is 14.2 Å². The third-order valence-corrected chi connectivity index (χ3v) is 6.81. The van der Waals surface area contributed by atoms with Crippen LogP contribution in [-0.2, 0) is 20.9 Å². The molecule has 0 spiro atoms. The number of β-lactam (4-membered cyclic amide) rings is 1. The lowest BCUT2D eigenvalue weighted by Crippen LogP contribution is -2.65. The number of nitrogens with zero attached hydrogens (tertiary/aromatic N) is 1. The number of hydrogen-bond donors (Lipinski definition) is 0. The molecule has 0 aliphatic carbocycles. The van der Waals surface area contributed by atoms with Crippen molar-refractivity contribution in [3.05, 3.63) is 108 Å². The van der Waals surface area contributed by atoms with Crippen molar-refractivity contribution < 1.29 is 28.5 Å². The molecule has 1 aliphatic rings. The van der Waals surface area contributed by atoms with Gasteiger partial charge in [0.05, 0.1) is 32.2 Å². The Kier molecular flexibility index (Phi) is 8.36. The third-order valence-electron chi connectivity index (χ3n) is 6.81. The summed E-state index contributed by atoms with van der Waals surface area (Å²) >= 11 is 0. The molecule has 0 bridgehead atoms. The Balaban J connectivity index is 1.56. The lowest BCUT2D eigenvalue weighted by molar-refractivity contribution is -0.165. The minimum absolute atomic E-state index is 0.0953. The average Bonchev–Trinajstić information content (AvgIpc) is 2.93. The minimum atomic E-state index is -0.810. The van der Waals surface area contributed by atoms with E-state index in [-0.39, 0.29) is 24.6 Å². The van der Waals surface area contributed by atoms with E-state index in [9.17, 15) is 9.59 Å². The molecule has 1 unspecified atom stereocenters. The van der Waals surface area contributed by atoms with Gasteiger partial charge in [0.1, 0.15) is 24.2 Å². The highest BCUT2D eigenvalue weighted by molar-refractivity contribution is 5.89. The Bertz CT molecular complexity index is 1210. The van der Waals surface area contributed by atoms with Gasteiger partial charge >= 0.3 is 6.16 Å². The van der Waals surface area contributed by atoms with Gasteiger partial charge in [-0.05, 0) is 54.8 Å². The number of methoxy groups -OCH3 is 2. The van der Waals surface area contributed by atoms with Gasteiger partial charge in [-0.2, -0.15) is 0 Å². The summed E-state index contributed by atoms with van der Waals surface area (Å²) in [6.45, 7) is 7.87. The fourth-order valence-electron chi connectivity index (χ4n) is 4.89. The molecular weight excluding hydrogens is 482 g/mol. The van der Waals surface area contributed by atoms with Gasteiger partial charge in [0.15, 0.2) is 0 Å². The largest absolute Gasteiger partial charge is 0.508 e. The number of hydrogen-bond acceptors (Lipinski definition) is 6. The highest BCUT2D eigenvalue weighted by atomic mass is 16.7. The number of amides is 1. The first-order chi connectivity index (χ1) is 18.3. The van der Waals surface area contributed by atoms with E-state index < -0.39 is 18.2 Å². The van der Waals surface area contributed by atoms with E-state index in [2.05, 4.69) is 6.58 Å². The molecule has 1 aliphatic heterocycles. The maximum Gasteiger partial charge on any atom is 0.508 e. The maximum absolute atomic E-state index is 13.7. The van der Waals surface area contributed by atoms with E-state index in [1.807, 2.05) is 90.7 Å². The molecule has 7 nitrogen and oxygen atoms in total. The second-order valence-corrected chi connectivity index (χ2v) is 9.36. The first-order valence-electron chi connectivity index (χ1n) is 12.5. The second-order valence-electron chi connectivity index (χ2n) is 9.36. The summed E-state index contributed by atoms with van der Waals surface area (Å²) in [5.74, 6) is 0.749. The zero-order chi connectivity index (χ0) is 27.2. The standard InChI is InChI=1S/C31H33NO6/c1-20(2)28-27(21(3)38-31(34)37-19-22-9-7-6-8-10-22)30(33)32(28)29(23-11-15-25(35-4)16-12-23)24-13-17-26(36-5)18-14-24/h6-18,21,27-29H,1,19H2,2-5H3/t21?,27-,28-/m1/s1. The molecule has 1 fully saturated rings. The van der Waals surface area contributed by atoms with Gasteiger partial charge in [-0.15, -0.1) is 0 Å². The molecule has 0 saturated carbocycles. The Labute approximate surface area is 223 Å². The molecule has 1 heterocycles. The Morgan fingerprint density at radius 2 is 1.42 bits per heavy atom. The van der Waals surface area contributed by atoms with E-state index in [0.717, 1.165) is 33.8 Å². The number of ether oxygens (including phenoxy) is 4. The summed E-state index contributed by atoms with van der Waals surface area (Å²) in [5.41, 5.74) is 3.49. The van der Waals surface area contributed by atoms with Gasteiger partial charge in [0, 0.05) is 0 Å².